The van der Waals surface area contributed by atoms with E-state index in [1.54, 1.807) is 42.9 Å². The van der Waals surface area contributed by atoms with Crippen LogP contribution in [0.15, 0.2) is 72.2 Å². The zero-order chi connectivity index (χ0) is 22.9. The molecule has 0 aliphatic carbocycles. The van der Waals surface area contributed by atoms with Crippen molar-refractivity contribution in [3.05, 3.63) is 88.9 Å². The van der Waals surface area contributed by atoms with Crippen molar-refractivity contribution in [3.8, 4) is 0 Å². The average Bonchev–Trinajstić information content (AvgIpc) is 3.25. The number of anilines is 2. The monoisotopic (exact) mass is 455 g/mol. The number of rotatable bonds is 4. The molecular weight excluding hydrogens is 439 g/mol. The Kier molecular flexibility index (Phi) is 5.67. The molecule has 0 bridgehead atoms. The Morgan fingerprint density at radius 3 is 2.53 bits per heavy atom. The van der Waals surface area contributed by atoms with E-state index >= 15 is 0 Å². The molecule has 0 spiro atoms. The standard InChI is InChI=1S/C23H16F3N3O2S/c1-29(22(31)15-8-9-19-20(11-15)32-13-27-19)18-7-2-4-14(10-18)21(30)28-17-6-3-5-16(12-17)23(24,25)26/h2-13H,1H3,(H,28,30). The first-order valence-corrected chi connectivity index (χ1v) is 10.3. The van der Waals surface area contributed by atoms with Crippen LogP contribution in [-0.4, -0.2) is 23.8 Å². The molecule has 0 aliphatic heterocycles. The molecule has 4 aromatic rings. The van der Waals surface area contributed by atoms with Crippen LogP contribution in [0.4, 0.5) is 24.5 Å². The molecule has 0 aliphatic rings. The fraction of sp³-hybridized carbons (Fsp3) is 0.0870. The van der Waals surface area contributed by atoms with Crippen molar-refractivity contribution in [2.75, 3.05) is 17.3 Å². The maximum atomic E-state index is 12.9. The Morgan fingerprint density at radius 1 is 0.969 bits per heavy atom. The predicted molar refractivity (Wildman–Crippen MR) is 118 cm³/mol. The van der Waals surface area contributed by atoms with Gasteiger partial charge in [0.15, 0.2) is 0 Å². The van der Waals surface area contributed by atoms with Crippen LogP contribution in [0.1, 0.15) is 26.3 Å². The summed E-state index contributed by atoms with van der Waals surface area (Å²) < 4.78 is 39.6. The molecule has 0 atom stereocenters. The molecule has 9 heteroatoms. The number of hydrogen-bond donors (Lipinski definition) is 1. The quantitative estimate of drug-likeness (QED) is 0.420. The maximum absolute atomic E-state index is 12.9. The van der Waals surface area contributed by atoms with Crippen molar-refractivity contribution in [1.29, 1.82) is 0 Å². The number of carbonyl (C=O) groups is 2. The number of alkyl halides is 3. The molecule has 1 heterocycles. The fourth-order valence-corrected chi connectivity index (χ4v) is 3.85. The van der Waals surface area contributed by atoms with Crippen LogP contribution in [0, 0.1) is 0 Å². The fourth-order valence-electron chi connectivity index (χ4n) is 3.13. The van der Waals surface area contributed by atoms with Gasteiger partial charge >= 0.3 is 6.18 Å². The van der Waals surface area contributed by atoms with Gasteiger partial charge < -0.3 is 10.2 Å². The summed E-state index contributed by atoms with van der Waals surface area (Å²) >= 11 is 1.43. The van der Waals surface area contributed by atoms with Crippen LogP contribution in [0.25, 0.3) is 10.2 Å². The predicted octanol–water partition coefficient (Wildman–Crippen LogP) is 5.84. The number of halogens is 3. The summed E-state index contributed by atoms with van der Waals surface area (Å²) in [4.78, 5) is 31.1. The molecule has 5 nitrogen and oxygen atoms in total. The first kappa shape index (κ1) is 21.5. The van der Waals surface area contributed by atoms with Crippen molar-refractivity contribution >= 4 is 44.7 Å². The Hall–Kier alpha value is -3.72. The number of amides is 2. The topological polar surface area (TPSA) is 62.3 Å². The first-order valence-electron chi connectivity index (χ1n) is 9.42. The second kappa shape index (κ2) is 8.43. The number of thiazole rings is 1. The van der Waals surface area contributed by atoms with E-state index in [2.05, 4.69) is 10.3 Å². The highest BCUT2D eigenvalue weighted by Gasteiger charge is 2.30. The van der Waals surface area contributed by atoms with Crippen molar-refractivity contribution in [2.24, 2.45) is 0 Å². The molecule has 3 aromatic carbocycles. The van der Waals surface area contributed by atoms with E-state index in [4.69, 9.17) is 0 Å². The summed E-state index contributed by atoms with van der Waals surface area (Å²) in [5.41, 5.74) is 2.83. The number of nitrogens with zero attached hydrogens (tertiary/aromatic N) is 2. The molecular formula is C23H16F3N3O2S. The van der Waals surface area contributed by atoms with E-state index in [-0.39, 0.29) is 17.2 Å². The van der Waals surface area contributed by atoms with Gasteiger partial charge in [0.2, 0.25) is 0 Å². The minimum absolute atomic E-state index is 0.0255. The summed E-state index contributed by atoms with van der Waals surface area (Å²) in [6.07, 6.45) is -4.51. The molecule has 1 N–H and O–H groups in total. The highest BCUT2D eigenvalue weighted by molar-refractivity contribution is 7.16. The van der Waals surface area contributed by atoms with Gasteiger partial charge in [-0.15, -0.1) is 11.3 Å². The third-order valence-corrected chi connectivity index (χ3v) is 5.62. The van der Waals surface area contributed by atoms with E-state index in [0.29, 0.717) is 11.3 Å². The van der Waals surface area contributed by atoms with Gasteiger partial charge in [-0.1, -0.05) is 12.1 Å². The van der Waals surface area contributed by atoms with Crippen molar-refractivity contribution in [2.45, 2.75) is 6.18 Å². The minimum Gasteiger partial charge on any atom is -0.322 e. The second-order valence-corrected chi connectivity index (χ2v) is 7.87. The molecule has 0 radical (unpaired) electrons. The van der Waals surface area contributed by atoms with Crippen molar-refractivity contribution in [3.63, 3.8) is 0 Å². The molecule has 0 unspecified atom stereocenters. The number of nitrogens with one attached hydrogen (secondary N) is 1. The second-order valence-electron chi connectivity index (χ2n) is 6.98. The summed E-state index contributed by atoms with van der Waals surface area (Å²) in [6, 6.07) is 15.9. The van der Waals surface area contributed by atoms with E-state index in [9.17, 15) is 22.8 Å². The number of fused-ring (bicyclic) bond motifs is 1. The Morgan fingerprint density at radius 2 is 1.75 bits per heavy atom. The Bertz CT molecular complexity index is 1320. The average molecular weight is 455 g/mol. The SMILES string of the molecule is CN(C(=O)c1ccc2ncsc2c1)c1cccc(C(=O)Nc2cccc(C(F)(F)F)c2)c1. The summed E-state index contributed by atoms with van der Waals surface area (Å²) in [5, 5.41) is 2.47. The zero-order valence-electron chi connectivity index (χ0n) is 16.7. The number of hydrogen-bond acceptors (Lipinski definition) is 4. The minimum atomic E-state index is -4.51. The van der Waals surface area contributed by atoms with Crippen LogP contribution in [0.3, 0.4) is 0 Å². The maximum Gasteiger partial charge on any atom is 0.416 e. The normalized spacial score (nSPS) is 11.4. The van der Waals surface area contributed by atoms with Gasteiger partial charge in [0.25, 0.3) is 11.8 Å². The Labute approximate surface area is 185 Å². The molecule has 4 rings (SSSR count). The number of benzene rings is 3. The van der Waals surface area contributed by atoms with Gasteiger partial charge in [-0.25, -0.2) is 4.98 Å². The molecule has 162 valence electrons. The highest BCUT2D eigenvalue weighted by atomic mass is 32.1. The molecule has 32 heavy (non-hydrogen) atoms. The van der Waals surface area contributed by atoms with Crippen molar-refractivity contribution in [1.82, 2.24) is 4.98 Å². The summed E-state index contributed by atoms with van der Waals surface area (Å²) in [6.45, 7) is 0. The van der Waals surface area contributed by atoms with Crippen LogP contribution in [-0.2, 0) is 6.18 Å². The van der Waals surface area contributed by atoms with E-state index in [1.165, 1.54) is 40.5 Å². The van der Waals surface area contributed by atoms with E-state index < -0.39 is 17.6 Å². The van der Waals surface area contributed by atoms with Crippen LogP contribution < -0.4 is 10.2 Å². The van der Waals surface area contributed by atoms with Crippen LogP contribution in [0.2, 0.25) is 0 Å². The first-order chi connectivity index (χ1) is 15.2. The van der Waals surface area contributed by atoms with Crippen molar-refractivity contribution < 1.29 is 22.8 Å². The lowest BCUT2D eigenvalue weighted by atomic mass is 10.1. The number of aromatic nitrogens is 1. The van der Waals surface area contributed by atoms with Gasteiger partial charge in [0.05, 0.1) is 21.3 Å². The lowest BCUT2D eigenvalue weighted by Crippen LogP contribution is -2.26. The smallest absolute Gasteiger partial charge is 0.322 e. The largest absolute Gasteiger partial charge is 0.416 e. The van der Waals surface area contributed by atoms with Gasteiger partial charge in [0, 0.05) is 29.5 Å². The molecule has 0 fully saturated rings. The van der Waals surface area contributed by atoms with E-state index in [0.717, 1.165) is 22.3 Å². The number of carbonyl (C=O) groups excluding carboxylic acids is 2. The van der Waals surface area contributed by atoms with Gasteiger partial charge in [-0.3, -0.25) is 9.59 Å². The highest BCUT2D eigenvalue weighted by Crippen LogP contribution is 2.31. The molecule has 2 amide bonds. The van der Waals surface area contributed by atoms with Gasteiger partial charge in [-0.05, 0) is 54.6 Å². The van der Waals surface area contributed by atoms with Gasteiger partial charge in [0.1, 0.15) is 0 Å². The van der Waals surface area contributed by atoms with Crippen LogP contribution >= 0.6 is 11.3 Å². The molecule has 0 saturated heterocycles. The lowest BCUT2D eigenvalue weighted by Gasteiger charge is -2.18. The zero-order valence-corrected chi connectivity index (χ0v) is 17.5. The Balaban J connectivity index is 1.53. The third-order valence-electron chi connectivity index (χ3n) is 4.83. The van der Waals surface area contributed by atoms with Crippen LogP contribution in [0.5, 0.6) is 0 Å². The molecule has 1 aromatic heterocycles. The summed E-state index contributed by atoms with van der Waals surface area (Å²) in [5.74, 6) is -0.853. The van der Waals surface area contributed by atoms with Gasteiger partial charge in [-0.2, -0.15) is 13.2 Å². The van der Waals surface area contributed by atoms with E-state index in [1.807, 2.05) is 0 Å². The lowest BCUT2D eigenvalue weighted by molar-refractivity contribution is -0.137. The molecule has 0 saturated carbocycles. The summed E-state index contributed by atoms with van der Waals surface area (Å²) in [7, 11) is 1.59. The third kappa shape index (κ3) is 4.47.